The Morgan fingerprint density at radius 2 is 2.33 bits per heavy atom. The van der Waals surface area contributed by atoms with Crippen molar-refractivity contribution >= 4 is 23.3 Å². The second-order valence-corrected chi connectivity index (χ2v) is 7.65. The van der Waals surface area contributed by atoms with Crippen LogP contribution in [0.4, 0.5) is 0 Å². The van der Waals surface area contributed by atoms with Crippen LogP contribution in [0, 0.1) is 5.92 Å². The minimum atomic E-state index is 0.0947. The number of carbonyl (C=O) groups is 1. The van der Waals surface area contributed by atoms with Crippen molar-refractivity contribution in [3.05, 3.63) is 40.2 Å². The number of thiophene rings is 1. The van der Waals surface area contributed by atoms with Crippen molar-refractivity contribution < 1.29 is 9.32 Å². The van der Waals surface area contributed by atoms with E-state index in [0.29, 0.717) is 11.8 Å². The molecule has 1 aliphatic carbocycles. The number of piperidine rings is 1. The van der Waals surface area contributed by atoms with Gasteiger partial charge in [0.1, 0.15) is 0 Å². The van der Waals surface area contributed by atoms with Gasteiger partial charge in [0.05, 0.1) is 0 Å². The summed E-state index contributed by atoms with van der Waals surface area (Å²) in [6, 6.07) is 4.01. The Bertz CT molecular complexity index is 718. The molecule has 1 atom stereocenters. The molecule has 24 heavy (non-hydrogen) atoms. The normalized spacial score (nSPS) is 21.5. The molecule has 1 unspecified atom stereocenters. The van der Waals surface area contributed by atoms with Crippen LogP contribution in [0.1, 0.15) is 48.2 Å². The van der Waals surface area contributed by atoms with Gasteiger partial charge in [-0.25, -0.2) is 0 Å². The summed E-state index contributed by atoms with van der Waals surface area (Å²) < 4.78 is 5.38. The van der Waals surface area contributed by atoms with Crippen molar-refractivity contribution in [2.75, 3.05) is 13.1 Å². The van der Waals surface area contributed by atoms with Crippen LogP contribution < -0.4 is 0 Å². The van der Waals surface area contributed by atoms with Crippen molar-refractivity contribution in [1.82, 2.24) is 15.0 Å². The summed E-state index contributed by atoms with van der Waals surface area (Å²) in [5.74, 6) is 2.62. The zero-order valence-corrected chi connectivity index (χ0v) is 14.4. The van der Waals surface area contributed by atoms with Crippen molar-refractivity contribution in [3.63, 3.8) is 0 Å². The average molecular weight is 343 g/mol. The molecule has 1 saturated heterocycles. The third-order valence-electron chi connectivity index (χ3n) is 4.65. The molecule has 4 rings (SSSR count). The van der Waals surface area contributed by atoms with Crippen LogP contribution >= 0.6 is 11.3 Å². The van der Waals surface area contributed by atoms with Crippen molar-refractivity contribution in [1.29, 1.82) is 0 Å². The summed E-state index contributed by atoms with van der Waals surface area (Å²) in [5, 5.41) is 6.09. The number of aromatic nitrogens is 2. The SMILES string of the molecule is O=C(C=Cc1cccs1)N1CCCC(Cc2nc(C3CC3)no2)C1. The van der Waals surface area contributed by atoms with E-state index in [9.17, 15) is 4.79 Å². The molecular formula is C18H21N3O2S. The number of hydrogen-bond donors (Lipinski definition) is 0. The molecule has 0 bridgehead atoms. The zero-order valence-electron chi connectivity index (χ0n) is 13.6. The molecule has 0 N–H and O–H groups in total. The van der Waals surface area contributed by atoms with E-state index in [4.69, 9.17) is 4.52 Å². The molecule has 2 aromatic heterocycles. The summed E-state index contributed by atoms with van der Waals surface area (Å²) in [6.45, 7) is 1.61. The van der Waals surface area contributed by atoms with Gasteiger partial charge in [-0.05, 0) is 49.1 Å². The first kappa shape index (κ1) is 15.6. The molecule has 5 nitrogen and oxygen atoms in total. The van der Waals surface area contributed by atoms with E-state index < -0.39 is 0 Å². The molecule has 0 spiro atoms. The highest BCUT2D eigenvalue weighted by molar-refractivity contribution is 7.10. The van der Waals surface area contributed by atoms with Crippen molar-refractivity contribution in [2.24, 2.45) is 5.92 Å². The van der Waals surface area contributed by atoms with Gasteiger partial charge in [-0.1, -0.05) is 11.2 Å². The van der Waals surface area contributed by atoms with Crippen LogP contribution in [0.2, 0.25) is 0 Å². The third kappa shape index (κ3) is 3.75. The van der Waals surface area contributed by atoms with E-state index in [-0.39, 0.29) is 5.91 Å². The minimum Gasteiger partial charge on any atom is -0.339 e. The molecule has 3 heterocycles. The maximum absolute atomic E-state index is 12.4. The average Bonchev–Trinajstić information content (AvgIpc) is 3.12. The summed E-state index contributed by atoms with van der Waals surface area (Å²) in [7, 11) is 0. The van der Waals surface area contributed by atoms with Crippen LogP contribution in [-0.4, -0.2) is 34.0 Å². The van der Waals surface area contributed by atoms with E-state index in [2.05, 4.69) is 10.1 Å². The second-order valence-electron chi connectivity index (χ2n) is 6.67. The fraction of sp³-hybridized carbons (Fsp3) is 0.500. The molecule has 0 radical (unpaired) electrons. The van der Waals surface area contributed by atoms with Gasteiger partial charge in [-0.2, -0.15) is 4.98 Å². The summed E-state index contributed by atoms with van der Waals surface area (Å²) in [4.78, 5) is 19.9. The molecule has 1 aliphatic heterocycles. The number of hydrogen-bond acceptors (Lipinski definition) is 5. The number of nitrogens with zero attached hydrogens (tertiary/aromatic N) is 3. The second kappa shape index (κ2) is 6.89. The fourth-order valence-electron chi connectivity index (χ4n) is 3.18. The van der Waals surface area contributed by atoms with Gasteiger partial charge < -0.3 is 9.42 Å². The van der Waals surface area contributed by atoms with Gasteiger partial charge in [-0.15, -0.1) is 11.3 Å². The first-order valence-electron chi connectivity index (χ1n) is 8.61. The Hall–Kier alpha value is -1.95. The Kier molecular flexibility index (Phi) is 4.47. The van der Waals surface area contributed by atoms with E-state index in [1.807, 2.05) is 28.5 Å². The van der Waals surface area contributed by atoms with Gasteiger partial charge in [-0.3, -0.25) is 4.79 Å². The predicted molar refractivity (Wildman–Crippen MR) is 92.6 cm³/mol. The lowest BCUT2D eigenvalue weighted by atomic mass is 9.94. The van der Waals surface area contributed by atoms with Crippen LogP contribution in [0.5, 0.6) is 0 Å². The maximum atomic E-state index is 12.4. The lowest BCUT2D eigenvalue weighted by Crippen LogP contribution is -2.39. The molecule has 2 aliphatic rings. The van der Waals surface area contributed by atoms with E-state index in [1.54, 1.807) is 17.4 Å². The van der Waals surface area contributed by atoms with Crippen LogP contribution in [-0.2, 0) is 11.2 Å². The van der Waals surface area contributed by atoms with Crippen LogP contribution in [0.3, 0.4) is 0 Å². The molecule has 2 fully saturated rings. The highest BCUT2D eigenvalue weighted by Gasteiger charge is 2.30. The lowest BCUT2D eigenvalue weighted by molar-refractivity contribution is -0.127. The molecule has 126 valence electrons. The van der Waals surface area contributed by atoms with Crippen LogP contribution in [0.25, 0.3) is 6.08 Å². The summed E-state index contributed by atoms with van der Waals surface area (Å²) in [5.41, 5.74) is 0. The Morgan fingerprint density at radius 1 is 1.42 bits per heavy atom. The minimum absolute atomic E-state index is 0.0947. The number of rotatable bonds is 5. The van der Waals surface area contributed by atoms with E-state index >= 15 is 0 Å². The summed E-state index contributed by atoms with van der Waals surface area (Å²) in [6.07, 6.45) is 8.87. The van der Waals surface area contributed by atoms with E-state index in [1.165, 1.54) is 12.8 Å². The van der Waals surface area contributed by atoms with Crippen molar-refractivity contribution in [3.8, 4) is 0 Å². The highest BCUT2D eigenvalue weighted by atomic mass is 32.1. The standard InChI is InChI=1S/C18H21N3O2S/c22-17(8-7-15-4-2-10-24-15)21-9-1-3-13(12-21)11-16-19-18(20-23-16)14-5-6-14/h2,4,7-8,10,13-14H,1,3,5-6,9,11-12H2. The number of amides is 1. The largest absolute Gasteiger partial charge is 0.339 e. The lowest BCUT2D eigenvalue weighted by Gasteiger charge is -2.31. The smallest absolute Gasteiger partial charge is 0.246 e. The molecule has 1 saturated carbocycles. The van der Waals surface area contributed by atoms with Gasteiger partial charge in [0.15, 0.2) is 5.82 Å². The van der Waals surface area contributed by atoms with Gasteiger partial charge in [0.25, 0.3) is 0 Å². The molecule has 1 amide bonds. The van der Waals surface area contributed by atoms with Crippen LogP contribution in [0.15, 0.2) is 28.1 Å². The zero-order chi connectivity index (χ0) is 16.4. The molecular weight excluding hydrogens is 322 g/mol. The Morgan fingerprint density at radius 3 is 3.12 bits per heavy atom. The third-order valence-corrected chi connectivity index (χ3v) is 5.49. The van der Waals surface area contributed by atoms with Gasteiger partial charge in [0.2, 0.25) is 11.8 Å². The predicted octanol–water partition coefficient (Wildman–Crippen LogP) is 3.50. The van der Waals surface area contributed by atoms with Gasteiger partial charge in [0, 0.05) is 36.4 Å². The molecule has 6 heteroatoms. The van der Waals surface area contributed by atoms with Crippen molar-refractivity contribution in [2.45, 2.75) is 38.0 Å². The monoisotopic (exact) mass is 343 g/mol. The van der Waals surface area contributed by atoms with Gasteiger partial charge >= 0.3 is 0 Å². The highest BCUT2D eigenvalue weighted by Crippen LogP contribution is 2.38. The number of carbonyl (C=O) groups excluding carboxylic acids is 1. The topological polar surface area (TPSA) is 59.2 Å². The molecule has 0 aromatic carbocycles. The first-order valence-corrected chi connectivity index (χ1v) is 9.49. The van der Waals surface area contributed by atoms with E-state index in [0.717, 1.165) is 48.9 Å². The maximum Gasteiger partial charge on any atom is 0.246 e. The first-order chi connectivity index (χ1) is 11.8. The quantitative estimate of drug-likeness (QED) is 0.780. The summed E-state index contributed by atoms with van der Waals surface area (Å²) >= 11 is 1.64. The Balaban J connectivity index is 1.33. The number of likely N-dealkylation sites (tertiary alicyclic amines) is 1. The fourth-order valence-corrected chi connectivity index (χ4v) is 3.80. The Labute approximate surface area is 145 Å². The molecule has 2 aromatic rings.